The predicted molar refractivity (Wildman–Crippen MR) is 99.0 cm³/mol. The largest absolute Gasteiger partial charge is 0.473 e. The minimum Gasteiger partial charge on any atom is -0.325 e. The second-order valence-corrected chi connectivity index (χ2v) is 10.3. The minimum absolute atomic E-state index is 0.0144. The summed E-state index contributed by atoms with van der Waals surface area (Å²) in [5, 5.41) is 7.69. The molecule has 8 nitrogen and oxygen atoms in total. The van der Waals surface area contributed by atoms with Gasteiger partial charge in [0.1, 0.15) is 5.69 Å². The Balaban J connectivity index is 2.27. The van der Waals surface area contributed by atoms with Crippen LogP contribution in [0, 0.1) is 0 Å². The van der Waals surface area contributed by atoms with Gasteiger partial charge >= 0.3 is 11.7 Å². The molecule has 0 fully saturated rings. The Hall–Kier alpha value is -2.46. The number of hydroxylamine groups is 2. The van der Waals surface area contributed by atoms with Gasteiger partial charge in [-0.2, -0.15) is 26.3 Å². The van der Waals surface area contributed by atoms with E-state index < -0.39 is 59.6 Å². The first-order valence-corrected chi connectivity index (χ1v) is 11.5. The number of hydrogen-bond acceptors (Lipinski definition) is 7. The van der Waals surface area contributed by atoms with Crippen LogP contribution in [0.2, 0.25) is 0 Å². The van der Waals surface area contributed by atoms with Gasteiger partial charge in [-0.25, -0.2) is 22.7 Å². The third kappa shape index (κ3) is 4.25. The van der Waals surface area contributed by atoms with Crippen molar-refractivity contribution in [2.75, 3.05) is 5.75 Å². The molecule has 3 rings (SSSR count). The van der Waals surface area contributed by atoms with E-state index in [0.717, 1.165) is 16.8 Å². The van der Waals surface area contributed by atoms with Crippen molar-refractivity contribution < 1.29 is 44.2 Å². The van der Waals surface area contributed by atoms with E-state index in [1.165, 1.54) is 14.0 Å². The van der Waals surface area contributed by atoms with Crippen LogP contribution in [-0.2, 0) is 33.9 Å². The average molecular weight is 504 g/mol. The fourth-order valence-corrected chi connectivity index (χ4v) is 4.73. The molecule has 1 N–H and O–H groups in total. The van der Waals surface area contributed by atoms with Gasteiger partial charge < -0.3 is 4.57 Å². The first-order valence-electron chi connectivity index (χ1n) is 8.59. The highest BCUT2D eigenvalue weighted by Gasteiger charge is 2.44. The van der Waals surface area contributed by atoms with Crippen LogP contribution in [0.4, 0.5) is 26.3 Å². The van der Waals surface area contributed by atoms with Gasteiger partial charge in [0.25, 0.3) is 0 Å². The van der Waals surface area contributed by atoms with Crippen LogP contribution >= 0.6 is 0 Å². The van der Waals surface area contributed by atoms with Gasteiger partial charge in [0.05, 0.1) is 33.1 Å². The molecule has 176 valence electrons. The normalized spacial score (nSPS) is 18.0. The number of alkyl halides is 6. The van der Waals surface area contributed by atoms with Crippen molar-refractivity contribution in [3.8, 4) is 11.5 Å². The van der Waals surface area contributed by atoms with Crippen LogP contribution in [0.15, 0.2) is 17.2 Å². The summed E-state index contributed by atoms with van der Waals surface area (Å²) >= 11 is 0. The fraction of sp³-hybridized carbons (Fsp3) is 0.375. The summed E-state index contributed by atoms with van der Waals surface area (Å²) < 4.78 is 115. The van der Waals surface area contributed by atoms with E-state index in [0.29, 0.717) is 12.3 Å². The number of aromatic nitrogens is 3. The van der Waals surface area contributed by atoms with Crippen molar-refractivity contribution in [3.63, 3.8) is 0 Å². The molecule has 2 aromatic heterocycles. The van der Waals surface area contributed by atoms with E-state index in [-0.39, 0.29) is 21.6 Å². The molecule has 2 atom stereocenters. The Morgan fingerprint density at radius 1 is 1.22 bits per heavy atom. The molecule has 2 aromatic rings. The lowest BCUT2D eigenvalue weighted by Crippen LogP contribution is -2.46. The molecule has 0 aromatic carbocycles. The Labute approximate surface area is 178 Å². The molecule has 1 aliphatic rings. The van der Waals surface area contributed by atoms with Crippen molar-refractivity contribution in [1.82, 2.24) is 19.6 Å². The van der Waals surface area contributed by atoms with Gasteiger partial charge in [0.2, 0.25) is 0 Å². The highest BCUT2D eigenvalue weighted by molar-refractivity contribution is 7.91. The molecular weight excluding hydrogens is 490 g/mol. The van der Waals surface area contributed by atoms with Crippen LogP contribution < -0.4 is 10.7 Å². The van der Waals surface area contributed by atoms with Gasteiger partial charge in [-0.1, -0.05) is 6.92 Å². The quantitative estimate of drug-likeness (QED) is 0.622. The average Bonchev–Trinajstić information content (AvgIpc) is 3.00. The summed E-state index contributed by atoms with van der Waals surface area (Å²) in [4.78, 5) is 6.85. The van der Waals surface area contributed by atoms with Crippen molar-refractivity contribution in [1.29, 1.82) is 0 Å². The summed E-state index contributed by atoms with van der Waals surface area (Å²) in [6.07, 6.45) is -2.93. The topological polar surface area (TPSA) is 105 Å². The maximum atomic E-state index is 13.1. The highest BCUT2D eigenvalue weighted by atomic mass is 32.2. The summed E-state index contributed by atoms with van der Waals surface area (Å²) in [5.74, 6) is -0.835. The van der Waals surface area contributed by atoms with E-state index in [2.05, 4.69) is 9.97 Å². The Kier molecular flexibility index (Phi) is 5.93. The molecule has 0 spiro atoms. The van der Waals surface area contributed by atoms with E-state index in [1.54, 1.807) is 0 Å². The lowest BCUT2D eigenvalue weighted by molar-refractivity contribution is -0.138. The summed E-state index contributed by atoms with van der Waals surface area (Å²) in [6.45, 7) is 1.21. The zero-order valence-corrected chi connectivity index (χ0v) is 17.8. The summed E-state index contributed by atoms with van der Waals surface area (Å²) in [7, 11) is -6.46. The van der Waals surface area contributed by atoms with Crippen molar-refractivity contribution in [3.05, 3.63) is 28.5 Å². The molecular formula is C16H14F6N4O4S2. The standard InChI is InChI=1S/C16H14F6N4O4S2/c1-3-32(29,30)11-4-8(15(17,18)19)6-23-13(11)14-24-9-5-12(31(28)16(20,21)22)26(27)7-10(9)25(14)2/h4-7,12,27H,3H2,1-2H3. The molecule has 16 heteroatoms. The van der Waals surface area contributed by atoms with Gasteiger partial charge in [-0.15, -0.1) is 0 Å². The third-order valence-corrected chi connectivity index (χ3v) is 7.53. The first kappa shape index (κ1) is 24.2. The number of imidazole rings is 1. The molecule has 1 aliphatic heterocycles. The lowest BCUT2D eigenvalue weighted by Gasteiger charge is -2.23. The van der Waals surface area contributed by atoms with Gasteiger partial charge in [-0.05, 0) is 12.1 Å². The highest BCUT2D eigenvalue weighted by Crippen LogP contribution is 2.33. The van der Waals surface area contributed by atoms with E-state index in [1.807, 2.05) is 0 Å². The SMILES string of the molecule is CCS(=O)(=O)c1cc(C(F)(F)F)cnc1-c1nc2c(n1C)=CN(O)C(S(=O)C(F)(F)F)C=2. The van der Waals surface area contributed by atoms with Gasteiger partial charge in [0.15, 0.2) is 31.8 Å². The van der Waals surface area contributed by atoms with E-state index in [9.17, 15) is 44.2 Å². The molecule has 32 heavy (non-hydrogen) atoms. The molecule has 0 aliphatic carbocycles. The Morgan fingerprint density at radius 3 is 2.38 bits per heavy atom. The van der Waals surface area contributed by atoms with Gasteiger partial charge in [-0.3, -0.25) is 10.2 Å². The number of pyridine rings is 1. The summed E-state index contributed by atoms with van der Waals surface area (Å²) in [5.41, 5.74) is -6.92. The Bertz CT molecular complexity index is 1320. The second kappa shape index (κ2) is 7.84. The maximum absolute atomic E-state index is 13.1. The summed E-state index contributed by atoms with van der Waals surface area (Å²) in [6, 6.07) is 0.405. The van der Waals surface area contributed by atoms with Crippen LogP contribution in [0.5, 0.6) is 0 Å². The third-order valence-electron chi connectivity index (χ3n) is 4.54. The Morgan fingerprint density at radius 2 is 1.84 bits per heavy atom. The lowest BCUT2D eigenvalue weighted by atomic mass is 10.2. The van der Waals surface area contributed by atoms with Crippen LogP contribution in [0.3, 0.4) is 0 Å². The number of sulfone groups is 1. The zero-order valence-electron chi connectivity index (χ0n) is 16.1. The van der Waals surface area contributed by atoms with Crippen molar-refractivity contribution in [2.45, 2.75) is 28.9 Å². The van der Waals surface area contributed by atoms with Crippen LogP contribution in [-0.4, -0.2) is 54.1 Å². The molecule has 0 radical (unpaired) electrons. The second-order valence-electron chi connectivity index (χ2n) is 6.55. The molecule has 2 unspecified atom stereocenters. The number of fused-ring (bicyclic) bond motifs is 1. The fourth-order valence-electron chi connectivity index (χ4n) is 2.89. The zero-order chi connectivity index (χ0) is 24.2. The van der Waals surface area contributed by atoms with Crippen LogP contribution in [0.1, 0.15) is 12.5 Å². The number of halogens is 6. The van der Waals surface area contributed by atoms with E-state index >= 15 is 0 Å². The van der Waals surface area contributed by atoms with Crippen molar-refractivity contribution >= 4 is 32.9 Å². The molecule has 0 bridgehead atoms. The first-order chi connectivity index (χ1) is 14.6. The van der Waals surface area contributed by atoms with Gasteiger partial charge in [0, 0.05) is 13.2 Å². The molecule has 0 saturated carbocycles. The molecule has 0 amide bonds. The maximum Gasteiger partial charge on any atom is 0.473 e. The number of rotatable bonds is 4. The van der Waals surface area contributed by atoms with Crippen molar-refractivity contribution in [2.24, 2.45) is 7.05 Å². The predicted octanol–water partition coefficient (Wildman–Crippen LogP) is 1.11. The monoisotopic (exact) mass is 504 g/mol. The number of hydrogen-bond donors (Lipinski definition) is 1. The minimum atomic E-state index is -5.15. The molecule has 0 saturated heterocycles. The number of nitrogens with zero attached hydrogens (tertiary/aromatic N) is 4. The molecule has 3 heterocycles. The van der Waals surface area contributed by atoms with Crippen LogP contribution in [0.25, 0.3) is 23.8 Å². The van der Waals surface area contributed by atoms with E-state index in [4.69, 9.17) is 0 Å². The smallest absolute Gasteiger partial charge is 0.325 e.